The van der Waals surface area contributed by atoms with E-state index in [4.69, 9.17) is 5.73 Å². The third-order valence-electron chi connectivity index (χ3n) is 4.96. The van der Waals surface area contributed by atoms with E-state index >= 15 is 0 Å². The number of fused-ring (bicyclic) bond motifs is 1. The van der Waals surface area contributed by atoms with Gasteiger partial charge < -0.3 is 11.1 Å². The first kappa shape index (κ1) is 19.4. The zero-order valence-corrected chi connectivity index (χ0v) is 17.3. The Balaban J connectivity index is 1.50. The van der Waals surface area contributed by atoms with Gasteiger partial charge in [0, 0.05) is 28.8 Å². The van der Waals surface area contributed by atoms with E-state index < -0.39 is 0 Å². The van der Waals surface area contributed by atoms with Gasteiger partial charge in [0.1, 0.15) is 6.33 Å². The van der Waals surface area contributed by atoms with Crippen LogP contribution in [-0.2, 0) is 11.2 Å². The molecule has 158 valence electrons. The van der Waals surface area contributed by atoms with Crippen LogP contribution in [0.3, 0.4) is 0 Å². The van der Waals surface area contributed by atoms with Crippen LogP contribution in [0.15, 0.2) is 73.2 Å². The minimum absolute atomic E-state index is 0.113. The second-order valence-corrected chi connectivity index (χ2v) is 7.40. The van der Waals surface area contributed by atoms with Crippen LogP contribution in [0.25, 0.3) is 22.7 Å². The number of nitrogens with zero attached hydrogens (tertiary/aromatic N) is 6. The van der Waals surface area contributed by atoms with Crippen LogP contribution < -0.4 is 11.1 Å². The number of amides is 1. The summed E-state index contributed by atoms with van der Waals surface area (Å²) < 4.78 is 3.45. The Morgan fingerprint density at radius 1 is 1.09 bits per heavy atom. The van der Waals surface area contributed by atoms with Gasteiger partial charge in [-0.15, -0.1) is 0 Å². The third kappa shape index (κ3) is 3.91. The maximum atomic E-state index is 12.6. The fraction of sp³-hybridized carbons (Fsp3) is 0.0870. The monoisotopic (exact) mass is 424 g/mol. The Hall–Kier alpha value is -4.53. The van der Waals surface area contributed by atoms with Gasteiger partial charge in [-0.25, -0.2) is 19.2 Å². The molecule has 4 heterocycles. The molecular formula is C23H20N8O. The number of benzene rings is 1. The highest BCUT2D eigenvalue weighted by Crippen LogP contribution is 2.24. The number of aromatic nitrogens is 6. The van der Waals surface area contributed by atoms with Crippen molar-refractivity contribution in [3.8, 4) is 17.1 Å². The number of hydrogen-bond acceptors (Lipinski definition) is 6. The summed E-state index contributed by atoms with van der Waals surface area (Å²) in [5.41, 5.74) is 11.0. The minimum Gasteiger partial charge on any atom is -0.399 e. The normalized spacial score (nSPS) is 11.0. The highest BCUT2D eigenvalue weighted by atomic mass is 16.1. The van der Waals surface area contributed by atoms with Crippen LogP contribution in [0.2, 0.25) is 0 Å². The fourth-order valence-electron chi connectivity index (χ4n) is 3.45. The molecule has 0 fully saturated rings. The Bertz CT molecular complexity index is 1420. The van der Waals surface area contributed by atoms with Gasteiger partial charge in [0.15, 0.2) is 11.5 Å². The molecule has 1 aromatic carbocycles. The van der Waals surface area contributed by atoms with Gasteiger partial charge in [0.05, 0.1) is 17.8 Å². The maximum Gasteiger partial charge on any atom is 0.230 e. The molecule has 0 saturated heterocycles. The first-order chi connectivity index (χ1) is 15.5. The van der Waals surface area contributed by atoms with E-state index in [1.807, 2.05) is 49.5 Å². The maximum absolute atomic E-state index is 12.6. The number of rotatable bonds is 5. The van der Waals surface area contributed by atoms with E-state index in [0.29, 0.717) is 22.9 Å². The molecule has 0 bridgehead atoms. The molecule has 4 aromatic heterocycles. The molecular weight excluding hydrogens is 404 g/mol. The second-order valence-electron chi connectivity index (χ2n) is 7.40. The van der Waals surface area contributed by atoms with Gasteiger partial charge in [-0.2, -0.15) is 10.2 Å². The van der Waals surface area contributed by atoms with Crippen molar-refractivity contribution >= 4 is 22.9 Å². The van der Waals surface area contributed by atoms with Crippen molar-refractivity contribution in [2.75, 3.05) is 11.1 Å². The molecule has 0 aliphatic carbocycles. The van der Waals surface area contributed by atoms with Gasteiger partial charge in [-0.05, 0) is 61.5 Å². The highest BCUT2D eigenvalue weighted by Gasteiger charge is 2.16. The standard InChI is InChI=1S/C23H20N8O/c1-15-3-2-4-22(27-15)31-20(16-5-10-21-25-14-26-30(21)13-16)11-19(29-31)12-23(32)28-18-8-6-17(24)7-9-18/h2-11,13-14H,12,24H2,1H3,(H,28,32). The zero-order chi connectivity index (χ0) is 22.1. The zero-order valence-electron chi connectivity index (χ0n) is 17.3. The molecule has 5 aromatic rings. The molecule has 1 amide bonds. The number of nitrogen functional groups attached to an aromatic ring is 1. The smallest absolute Gasteiger partial charge is 0.230 e. The Labute approximate surface area is 183 Å². The molecule has 9 heteroatoms. The molecule has 0 aliphatic rings. The van der Waals surface area contributed by atoms with Gasteiger partial charge in [0.2, 0.25) is 5.91 Å². The SMILES string of the molecule is Cc1cccc(-n2nc(CC(=O)Nc3ccc(N)cc3)cc2-c2ccc3ncnn3c2)n1. The van der Waals surface area contributed by atoms with Crippen LogP contribution in [0.4, 0.5) is 11.4 Å². The third-order valence-corrected chi connectivity index (χ3v) is 4.96. The van der Waals surface area contributed by atoms with Crippen molar-refractivity contribution < 1.29 is 4.79 Å². The van der Waals surface area contributed by atoms with Crippen LogP contribution in [-0.4, -0.2) is 35.3 Å². The molecule has 0 unspecified atom stereocenters. The van der Waals surface area contributed by atoms with Crippen LogP contribution >= 0.6 is 0 Å². The summed E-state index contributed by atoms with van der Waals surface area (Å²) in [6, 6.07) is 18.5. The van der Waals surface area contributed by atoms with E-state index in [1.165, 1.54) is 6.33 Å². The van der Waals surface area contributed by atoms with Crippen molar-refractivity contribution in [3.63, 3.8) is 0 Å². The van der Waals surface area contributed by atoms with Crippen LogP contribution in [0.5, 0.6) is 0 Å². The van der Waals surface area contributed by atoms with Crippen LogP contribution in [0, 0.1) is 6.92 Å². The van der Waals surface area contributed by atoms with E-state index in [-0.39, 0.29) is 12.3 Å². The lowest BCUT2D eigenvalue weighted by atomic mass is 10.1. The number of pyridine rings is 2. The van der Waals surface area contributed by atoms with Gasteiger partial charge >= 0.3 is 0 Å². The van der Waals surface area contributed by atoms with Crippen molar-refractivity contribution in [1.82, 2.24) is 29.4 Å². The Kier molecular flexibility index (Phi) is 4.83. The second kappa shape index (κ2) is 7.95. The summed E-state index contributed by atoms with van der Waals surface area (Å²) in [5.74, 6) is 0.499. The molecule has 9 nitrogen and oxygen atoms in total. The number of nitrogens with one attached hydrogen (secondary N) is 1. The number of hydrogen-bond donors (Lipinski definition) is 2. The van der Waals surface area contributed by atoms with Crippen molar-refractivity contribution in [2.24, 2.45) is 0 Å². The number of anilines is 2. The topological polar surface area (TPSA) is 116 Å². The predicted octanol–water partition coefficient (Wildman–Crippen LogP) is 3.05. The number of carbonyl (C=O) groups is 1. The molecule has 0 spiro atoms. The molecule has 0 atom stereocenters. The quantitative estimate of drug-likeness (QED) is 0.419. The average Bonchev–Trinajstić information content (AvgIpc) is 3.41. The molecule has 3 N–H and O–H groups in total. The Morgan fingerprint density at radius 3 is 2.75 bits per heavy atom. The van der Waals surface area contributed by atoms with E-state index in [1.54, 1.807) is 33.5 Å². The van der Waals surface area contributed by atoms with E-state index in [2.05, 4.69) is 25.5 Å². The lowest BCUT2D eigenvalue weighted by molar-refractivity contribution is -0.115. The molecule has 32 heavy (non-hydrogen) atoms. The molecule has 0 saturated carbocycles. The van der Waals surface area contributed by atoms with Crippen molar-refractivity contribution in [3.05, 3.63) is 84.6 Å². The van der Waals surface area contributed by atoms with Gasteiger partial charge in [-0.3, -0.25) is 4.79 Å². The van der Waals surface area contributed by atoms with Crippen molar-refractivity contribution in [1.29, 1.82) is 0 Å². The molecule has 5 rings (SSSR count). The van der Waals surface area contributed by atoms with Crippen molar-refractivity contribution in [2.45, 2.75) is 13.3 Å². The summed E-state index contributed by atoms with van der Waals surface area (Å²) in [7, 11) is 0. The first-order valence-electron chi connectivity index (χ1n) is 10.0. The van der Waals surface area contributed by atoms with Gasteiger partial charge in [0.25, 0.3) is 0 Å². The summed E-state index contributed by atoms with van der Waals surface area (Å²) in [6.45, 7) is 1.93. The summed E-state index contributed by atoms with van der Waals surface area (Å²) >= 11 is 0. The van der Waals surface area contributed by atoms with Crippen LogP contribution in [0.1, 0.15) is 11.4 Å². The number of nitrogens with two attached hydrogens (primary N) is 1. The summed E-state index contributed by atoms with van der Waals surface area (Å²) in [4.78, 5) is 21.4. The lowest BCUT2D eigenvalue weighted by Gasteiger charge is -2.07. The first-order valence-corrected chi connectivity index (χ1v) is 10.0. The van der Waals surface area contributed by atoms with E-state index in [0.717, 1.165) is 22.6 Å². The number of carbonyl (C=O) groups excluding carboxylic acids is 1. The predicted molar refractivity (Wildman–Crippen MR) is 121 cm³/mol. The summed E-state index contributed by atoms with van der Waals surface area (Å²) in [6.07, 6.45) is 3.50. The minimum atomic E-state index is -0.171. The van der Waals surface area contributed by atoms with Gasteiger partial charge in [-0.1, -0.05) is 6.07 Å². The largest absolute Gasteiger partial charge is 0.399 e. The molecule has 0 aliphatic heterocycles. The highest BCUT2D eigenvalue weighted by molar-refractivity contribution is 5.92. The average molecular weight is 424 g/mol. The molecule has 0 radical (unpaired) electrons. The summed E-state index contributed by atoms with van der Waals surface area (Å²) in [5, 5.41) is 11.8. The lowest BCUT2D eigenvalue weighted by Crippen LogP contribution is -2.15. The van der Waals surface area contributed by atoms with E-state index in [9.17, 15) is 4.79 Å². The Morgan fingerprint density at radius 2 is 1.94 bits per heavy atom. The number of aryl methyl sites for hydroxylation is 1. The fourth-order valence-corrected chi connectivity index (χ4v) is 3.45.